The van der Waals surface area contributed by atoms with Crippen molar-refractivity contribution in [3.63, 3.8) is 0 Å². The van der Waals surface area contributed by atoms with E-state index in [0.717, 1.165) is 16.9 Å². The van der Waals surface area contributed by atoms with Crippen molar-refractivity contribution in [1.82, 2.24) is 0 Å². The van der Waals surface area contributed by atoms with E-state index in [0.29, 0.717) is 30.3 Å². The van der Waals surface area contributed by atoms with Crippen molar-refractivity contribution >= 4 is 17.8 Å². The van der Waals surface area contributed by atoms with Gasteiger partial charge in [0, 0.05) is 11.1 Å². The van der Waals surface area contributed by atoms with Crippen LogP contribution >= 0.6 is 0 Å². The van der Waals surface area contributed by atoms with Gasteiger partial charge in [0.2, 0.25) is 6.79 Å². The zero-order valence-electron chi connectivity index (χ0n) is 22.2. The molecule has 0 unspecified atom stereocenters. The molecule has 0 saturated carbocycles. The van der Waals surface area contributed by atoms with Gasteiger partial charge < -0.3 is 18.9 Å². The number of rotatable bonds is 10. The lowest BCUT2D eigenvalue weighted by Gasteiger charge is -2.25. The molecule has 0 aromatic heterocycles. The standard InChI is InChI=1S/C29H38O6/c1-9-32-25-18-16-23(28(3,4)5)26(33-10-2)22(25)15-17-24(30)20-11-13-21(14-12-20)34-19-35-27(31)29(6,7)8/h11-18H,9-10,19H2,1-8H3/b17-15+. The van der Waals surface area contributed by atoms with Gasteiger partial charge in [-0.15, -0.1) is 0 Å². The van der Waals surface area contributed by atoms with Crippen LogP contribution in [0, 0.1) is 5.41 Å². The highest BCUT2D eigenvalue weighted by Crippen LogP contribution is 2.40. The second-order valence-corrected chi connectivity index (χ2v) is 10.1. The lowest BCUT2D eigenvalue weighted by molar-refractivity contribution is -0.159. The number of hydrogen-bond acceptors (Lipinski definition) is 6. The zero-order chi connectivity index (χ0) is 26.2. The van der Waals surface area contributed by atoms with Crippen LogP contribution in [-0.4, -0.2) is 31.8 Å². The van der Waals surface area contributed by atoms with Crippen LogP contribution in [0.4, 0.5) is 0 Å². The number of hydrogen-bond donors (Lipinski definition) is 0. The molecule has 0 aliphatic carbocycles. The van der Waals surface area contributed by atoms with Gasteiger partial charge in [-0.05, 0) is 82.5 Å². The Morgan fingerprint density at radius 1 is 0.829 bits per heavy atom. The zero-order valence-corrected chi connectivity index (χ0v) is 22.2. The smallest absolute Gasteiger partial charge is 0.314 e. The van der Waals surface area contributed by atoms with Crippen molar-refractivity contribution in [1.29, 1.82) is 0 Å². The molecular weight excluding hydrogens is 444 g/mol. The Labute approximate surface area is 209 Å². The van der Waals surface area contributed by atoms with E-state index in [-0.39, 0.29) is 24.0 Å². The molecule has 2 aromatic carbocycles. The quantitative estimate of drug-likeness (QED) is 0.164. The van der Waals surface area contributed by atoms with Gasteiger partial charge in [-0.3, -0.25) is 9.59 Å². The minimum Gasteiger partial charge on any atom is -0.493 e. The third-order valence-corrected chi connectivity index (χ3v) is 5.12. The molecule has 0 radical (unpaired) electrons. The van der Waals surface area contributed by atoms with Crippen molar-refractivity contribution in [2.45, 2.75) is 60.8 Å². The normalized spacial score (nSPS) is 11.9. The van der Waals surface area contributed by atoms with E-state index in [1.54, 1.807) is 51.1 Å². The van der Waals surface area contributed by atoms with Gasteiger partial charge in [-0.1, -0.05) is 26.8 Å². The fourth-order valence-corrected chi connectivity index (χ4v) is 3.25. The van der Waals surface area contributed by atoms with E-state index in [1.807, 2.05) is 26.0 Å². The summed E-state index contributed by atoms with van der Waals surface area (Å²) in [6, 6.07) is 10.6. The van der Waals surface area contributed by atoms with Crippen LogP contribution in [0.2, 0.25) is 0 Å². The Hall–Kier alpha value is -3.28. The first-order valence-corrected chi connectivity index (χ1v) is 11.9. The summed E-state index contributed by atoms with van der Waals surface area (Å²) in [7, 11) is 0. The monoisotopic (exact) mass is 482 g/mol. The van der Waals surface area contributed by atoms with E-state index in [1.165, 1.54) is 6.08 Å². The molecule has 0 heterocycles. The first-order valence-electron chi connectivity index (χ1n) is 11.9. The molecule has 6 heteroatoms. The van der Waals surface area contributed by atoms with Gasteiger partial charge in [0.25, 0.3) is 0 Å². The summed E-state index contributed by atoms with van der Waals surface area (Å²) >= 11 is 0. The predicted molar refractivity (Wildman–Crippen MR) is 138 cm³/mol. The minimum atomic E-state index is -0.595. The molecule has 0 bridgehead atoms. The third-order valence-electron chi connectivity index (χ3n) is 5.12. The highest BCUT2D eigenvalue weighted by atomic mass is 16.7. The molecule has 35 heavy (non-hydrogen) atoms. The molecule has 2 rings (SSSR count). The van der Waals surface area contributed by atoms with Crippen molar-refractivity contribution < 1.29 is 28.5 Å². The van der Waals surface area contributed by atoms with Gasteiger partial charge in [0.05, 0.1) is 24.2 Å². The van der Waals surface area contributed by atoms with Gasteiger partial charge in [-0.2, -0.15) is 0 Å². The molecule has 0 N–H and O–H groups in total. The molecule has 190 valence electrons. The molecule has 0 amide bonds. The summed E-state index contributed by atoms with van der Waals surface area (Å²) in [6.07, 6.45) is 3.28. The Balaban J connectivity index is 2.22. The number of benzene rings is 2. The first-order chi connectivity index (χ1) is 16.4. The molecule has 2 aromatic rings. The molecule has 6 nitrogen and oxygen atoms in total. The first kappa shape index (κ1) is 28.0. The summed E-state index contributed by atoms with van der Waals surface area (Å²) in [5, 5.41) is 0. The SMILES string of the molecule is CCOc1ccc(C(C)(C)C)c(OCC)c1/C=C/C(=O)c1ccc(OCOC(=O)C(C)(C)C)cc1. The Bertz CT molecular complexity index is 1040. The summed E-state index contributed by atoms with van der Waals surface area (Å²) in [4.78, 5) is 24.7. The topological polar surface area (TPSA) is 71.1 Å². The number of allylic oxidation sites excluding steroid dienone is 1. The highest BCUT2D eigenvalue weighted by Gasteiger charge is 2.24. The van der Waals surface area contributed by atoms with Crippen molar-refractivity contribution in [2.24, 2.45) is 5.41 Å². The fourth-order valence-electron chi connectivity index (χ4n) is 3.25. The largest absolute Gasteiger partial charge is 0.493 e. The van der Waals surface area contributed by atoms with Crippen LogP contribution in [0.3, 0.4) is 0 Å². The number of ether oxygens (including phenoxy) is 4. The van der Waals surface area contributed by atoms with E-state index in [9.17, 15) is 9.59 Å². The van der Waals surface area contributed by atoms with Crippen molar-refractivity contribution in [3.8, 4) is 17.2 Å². The minimum absolute atomic E-state index is 0.140. The van der Waals surface area contributed by atoms with E-state index in [4.69, 9.17) is 18.9 Å². The van der Waals surface area contributed by atoms with Crippen molar-refractivity contribution in [2.75, 3.05) is 20.0 Å². The summed E-state index contributed by atoms with van der Waals surface area (Å²) in [5.41, 5.74) is 1.56. The molecule has 0 aliphatic rings. The number of esters is 1. The number of carbonyl (C=O) groups excluding carboxylic acids is 2. The molecule has 0 aliphatic heterocycles. The fraction of sp³-hybridized carbons (Fsp3) is 0.448. The van der Waals surface area contributed by atoms with Crippen LogP contribution in [0.25, 0.3) is 6.08 Å². The lowest BCUT2D eigenvalue weighted by Crippen LogP contribution is -2.24. The average Bonchev–Trinajstić information content (AvgIpc) is 2.77. The Morgan fingerprint density at radius 3 is 2.00 bits per heavy atom. The van der Waals surface area contributed by atoms with Gasteiger partial charge in [-0.25, -0.2) is 0 Å². The molecule has 0 fully saturated rings. The number of carbonyl (C=O) groups is 2. The Morgan fingerprint density at radius 2 is 1.46 bits per heavy atom. The van der Waals surface area contributed by atoms with Crippen molar-refractivity contribution in [3.05, 3.63) is 59.2 Å². The molecule has 0 atom stereocenters. The average molecular weight is 483 g/mol. The van der Waals surface area contributed by atoms with E-state index < -0.39 is 5.41 Å². The highest BCUT2D eigenvalue weighted by molar-refractivity contribution is 6.07. The van der Waals surface area contributed by atoms with Crippen LogP contribution in [0.15, 0.2) is 42.5 Å². The van der Waals surface area contributed by atoms with E-state index in [2.05, 4.69) is 20.8 Å². The van der Waals surface area contributed by atoms with Crippen LogP contribution < -0.4 is 14.2 Å². The van der Waals surface area contributed by atoms with Gasteiger partial charge in [0.1, 0.15) is 17.2 Å². The maximum Gasteiger partial charge on any atom is 0.314 e. The second kappa shape index (κ2) is 11.9. The summed E-state index contributed by atoms with van der Waals surface area (Å²) in [6.45, 7) is 16.4. The summed E-state index contributed by atoms with van der Waals surface area (Å²) in [5.74, 6) is 1.39. The molecule has 0 spiro atoms. The Kier molecular flexibility index (Phi) is 9.52. The molecular formula is C29H38O6. The maximum atomic E-state index is 12.9. The van der Waals surface area contributed by atoms with E-state index >= 15 is 0 Å². The number of ketones is 1. The van der Waals surface area contributed by atoms with Crippen LogP contribution in [0.1, 0.15) is 76.9 Å². The second-order valence-electron chi connectivity index (χ2n) is 10.1. The predicted octanol–water partition coefficient (Wildman–Crippen LogP) is 6.60. The third kappa shape index (κ3) is 7.88. The molecule has 0 saturated heterocycles. The maximum absolute atomic E-state index is 12.9. The lowest BCUT2D eigenvalue weighted by atomic mass is 9.84. The van der Waals surface area contributed by atoms with Gasteiger partial charge in [0.15, 0.2) is 5.78 Å². The van der Waals surface area contributed by atoms with Crippen LogP contribution in [-0.2, 0) is 14.9 Å². The summed E-state index contributed by atoms with van der Waals surface area (Å²) < 4.78 is 22.4. The van der Waals surface area contributed by atoms with Crippen LogP contribution in [0.5, 0.6) is 17.2 Å². The van der Waals surface area contributed by atoms with Gasteiger partial charge >= 0.3 is 5.97 Å².